The van der Waals surface area contributed by atoms with Crippen LogP contribution < -0.4 is 4.74 Å². The molecule has 1 aromatic carbocycles. The Labute approximate surface area is 143 Å². The fourth-order valence-corrected chi connectivity index (χ4v) is 2.07. The number of benzene rings is 1. The summed E-state index contributed by atoms with van der Waals surface area (Å²) in [6.45, 7) is 0. The Hall–Kier alpha value is -2.98. The molecule has 0 aliphatic rings. The Kier molecular flexibility index (Phi) is 7.50. The predicted molar refractivity (Wildman–Crippen MR) is 84.7 cm³/mol. The molecule has 10 heteroatoms. The minimum absolute atomic E-state index is 0.235. The lowest BCUT2D eigenvalue weighted by Gasteiger charge is -2.06. The number of aliphatic carboxylic acids is 1. The van der Waals surface area contributed by atoms with Crippen molar-refractivity contribution in [3.8, 4) is 11.5 Å². The van der Waals surface area contributed by atoms with Crippen molar-refractivity contribution in [2.24, 2.45) is 0 Å². The van der Waals surface area contributed by atoms with E-state index in [1.165, 1.54) is 0 Å². The molecule has 0 fully saturated rings. The minimum atomic E-state index is -4.65. The van der Waals surface area contributed by atoms with Crippen molar-refractivity contribution < 1.29 is 37.5 Å². The number of carbonyl (C=O) groups excluding carboxylic acids is 1. The topological polar surface area (TPSA) is 151 Å². The van der Waals surface area contributed by atoms with Crippen LogP contribution >= 0.6 is 0 Å². The molecule has 0 aliphatic heterocycles. The van der Waals surface area contributed by atoms with Gasteiger partial charge in [-0.05, 0) is 24.3 Å². The molecule has 2 rings (SSSR count). The quantitative estimate of drug-likeness (QED) is 0.404. The van der Waals surface area contributed by atoms with E-state index >= 15 is 0 Å². The molecule has 0 saturated heterocycles. The molecule has 3 N–H and O–H groups in total. The van der Waals surface area contributed by atoms with E-state index in [-0.39, 0.29) is 5.75 Å². The van der Waals surface area contributed by atoms with Gasteiger partial charge in [-0.1, -0.05) is 6.07 Å². The van der Waals surface area contributed by atoms with Crippen molar-refractivity contribution in [1.82, 2.24) is 4.98 Å². The zero-order valence-corrected chi connectivity index (χ0v) is 13.6. The molecule has 1 aromatic heterocycles. The van der Waals surface area contributed by atoms with Gasteiger partial charge in [-0.2, -0.15) is 8.42 Å². The average molecular weight is 369 g/mol. The van der Waals surface area contributed by atoms with Crippen LogP contribution in [-0.2, 0) is 19.7 Å². The number of pyridine rings is 1. The predicted octanol–water partition coefficient (Wildman–Crippen LogP) is 1.49. The first-order chi connectivity index (χ1) is 11.7. The minimum Gasteiger partial charge on any atom is -0.506 e. The Morgan fingerprint density at radius 3 is 2.16 bits per heavy atom. The standard InChI is InChI=1S/C10H10O8S.C5H5N/c11-7-2-1-6(5-8(7)19(15,16)17)18-10(14)4-3-9(12)13;1-2-4-6-5-3-1/h1-2,5,11H,3-4H2,(H,12,13)(H,15,16,17);1-5H. The van der Waals surface area contributed by atoms with E-state index in [1.54, 1.807) is 12.4 Å². The van der Waals surface area contributed by atoms with E-state index in [1.807, 2.05) is 18.2 Å². The van der Waals surface area contributed by atoms with Crippen LogP contribution in [0, 0.1) is 0 Å². The first-order valence-electron chi connectivity index (χ1n) is 6.78. The third kappa shape index (κ3) is 7.90. The van der Waals surface area contributed by atoms with Crippen LogP contribution in [-0.4, -0.2) is 40.1 Å². The van der Waals surface area contributed by atoms with Crippen molar-refractivity contribution in [2.75, 3.05) is 0 Å². The third-order valence-electron chi connectivity index (χ3n) is 2.55. The zero-order valence-electron chi connectivity index (χ0n) is 12.8. The molecule has 9 nitrogen and oxygen atoms in total. The second kappa shape index (κ2) is 9.35. The Morgan fingerprint density at radius 2 is 1.72 bits per heavy atom. The molecule has 0 radical (unpaired) electrons. The molecule has 0 aliphatic carbocycles. The van der Waals surface area contributed by atoms with E-state index in [4.69, 9.17) is 9.66 Å². The summed E-state index contributed by atoms with van der Waals surface area (Å²) >= 11 is 0. The number of nitrogens with zero attached hydrogens (tertiary/aromatic N) is 1. The largest absolute Gasteiger partial charge is 0.506 e. The summed E-state index contributed by atoms with van der Waals surface area (Å²) in [5, 5.41) is 17.6. The van der Waals surface area contributed by atoms with Crippen molar-refractivity contribution in [3.05, 3.63) is 48.8 Å². The number of carbonyl (C=O) groups is 2. The lowest BCUT2D eigenvalue weighted by molar-refractivity contribution is -0.142. The van der Waals surface area contributed by atoms with Gasteiger partial charge in [0.15, 0.2) is 0 Å². The summed E-state index contributed by atoms with van der Waals surface area (Å²) < 4.78 is 35.2. The van der Waals surface area contributed by atoms with Crippen molar-refractivity contribution >= 4 is 22.1 Å². The van der Waals surface area contributed by atoms with Crippen LogP contribution in [0.2, 0.25) is 0 Å². The molecule has 25 heavy (non-hydrogen) atoms. The number of phenols is 1. The number of aromatic hydroxyl groups is 1. The molecule has 0 atom stereocenters. The molecule has 0 bridgehead atoms. The Bertz CT molecular complexity index is 794. The van der Waals surface area contributed by atoms with E-state index in [0.717, 1.165) is 18.2 Å². The van der Waals surface area contributed by atoms with Gasteiger partial charge in [0.1, 0.15) is 16.4 Å². The zero-order chi connectivity index (χ0) is 18.9. The van der Waals surface area contributed by atoms with E-state index in [9.17, 15) is 23.1 Å². The van der Waals surface area contributed by atoms with Crippen LogP contribution in [0.15, 0.2) is 53.7 Å². The number of phenolic OH excluding ortho intramolecular Hbond substituents is 1. The summed E-state index contributed by atoms with van der Waals surface area (Å²) in [4.78, 5) is 24.4. The molecule has 2 aromatic rings. The van der Waals surface area contributed by atoms with Crippen LogP contribution in [0.25, 0.3) is 0 Å². The van der Waals surface area contributed by atoms with Gasteiger partial charge in [0.05, 0.1) is 12.8 Å². The van der Waals surface area contributed by atoms with Gasteiger partial charge in [0, 0.05) is 18.5 Å². The molecule has 0 saturated carbocycles. The molecular formula is C15H15NO8S. The number of carboxylic acids is 1. The number of hydrogen-bond acceptors (Lipinski definition) is 7. The molecule has 0 spiro atoms. The van der Waals surface area contributed by atoms with Crippen molar-refractivity contribution in [3.63, 3.8) is 0 Å². The highest BCUT2D eigenvalue weighted by molar-refractivity contribution is 7.86. The maximum Gasteiger partial charge on any atom is 0.311 e. The van der Waals surface area contributed by atoms with Gasteiger partial charge in [0.2, 0.25) is 0 Å². The number of rotatable bonds is 5. The monoisotopic (exact) mass is 369 g/mol. The van der Waals surface area contributed by atoms with Crippen LogP contribution in [0.4, 0.5) is 0 Å². The highest BCUT2D eigenvalue weighted by Crippen LogP contribution is 2.27. The number of hydrogen-bond donors (Lipinski definition) is 3. The lowest BCUT2D eigenvalue weighted by atomic mass is 10.3. The van der Waals surface area contributed by atoms with Gasteiger partial charge in [-0.15, -0.1) is 0 Å². The van der Waals surface area contributed by atoms with E-state index in [0.29, 0.717) is 0 Å². The van der Waals surface area contributed by atoms with Crippen LogP contribution in [0.1, 0.15) is 12.8 Å². The van der Waals surface area contributed by atoms with Crippen molar-refractivity contribution in [1.29, 1.82) is 0 Å². The summed E-state index contributed by atoms with van der Waals surface area (Å²) in [5.41, 5.74) is 0. The SMILES string of the molecule is O=C(O)CCC(=O)Oc1ccc(O)c(S(=O)(=O)O)c1.c1ccncc1. The fourth-order valence-electron chi connectivity index (χ4n) is 1.47. The first kappa shape index (κ1) is 20.1. The highest BCUT2D eigenvalue weighted by Gasteiger charge is 2.17. The summed E-state index contributed by atoms with van der Waals surface area (Å²) in [6, 6.07) is 8.49. The maximum absolute atomic E-state index is 11.2. The van der Waals surface area contributed by atoms with Gasteiger partial charge < -0.3 is 14.9 Å². The second-order valence-corrected chi connectivity index (χ2v) is 5.89. The fraction of sp³-hybridized carbons (Fsp3) is 0.133. The average Bonchev–Trinajstić information content (AvgIpc) is 2.56. The van der Waals surface area contributed by atoms with Crippen molar-refractivity contribution in [2.45, 2.75) is 17.7 Å². The third-order valence-corrected chi connectivity index (χ3v) is 3.43. The number of aromatic nitrogens is 1. The Morgan fingerprint density at radius 1 is 1.08 bits per heavy atom. The maximum atomic E-state index is 11.2. The molecular weight excluding hydrogens is 354 g/mol. The molecule has 134 valence electrons. The second-order valence-electron chi connectivity index (χ2n) is 4.50. The number of ether oxygens (including phenoxy) is 1. The van der Waals surface area contributed by atoms with Gasteiger partial charge in [0.25, 0.3) is 10.1 Å². The van der Waals surface area contributed by atoms with E-state index in [2.05, 4.69) is 9.72 Å². The smallest absolute Gasteiger partial charge is 0.311 e. The summed E-state index contributed by atoms with van der Waals surface area (Å²) in [5.74, 6) is -3.00. The molecule has 0 amide bonds. The summed E-state index contributed by atoms with van der Waals surface area (Å²) in [6.07, 6.45) is 2.68. The summed E-state index contributed by atoms with van der Waals surface area (Å²) in [7, 11) is -4.65. The normalized spacial score (nSPS) is 10.3. The Balaban J connectivity index is 0.000000435. The van der Waals surface area contributed by atoms with E-state index < -0.39 is 45.5 Å². The van der Waals surface area contributed by atoms with Gasteiger partial charge in [-0.3, -0.25) is 19.1 Å². The van der Waals surface area contributed by atoms with Gasteiger partial charge >= 0.3 is 11.9 Å². The number of esters is 1. The van der Waals surface area contributed by atoms with Crippen LogP contribution in [0.5, 0.6) is 11.5 Å². The highest BCUT2D eigenvalue weighted by atomic mass is 32.2. The molecule has 1 heterocycles. The number of carboxylic acid groups (broad SMARTS) is 1. The lowest BCUT2D eigenvalue weighted by Crippen LogP contribution is -2.10. The van der Waals surface area contributed by atoms with Gasteiger partial charge in [-0.25, -0.2) is 0 Å². The molecule has 0 unspecified atom stereocenters. The first-order valence-corrected chi connectivity index (χ1v) is 8.22. The van der Waals surface area contributed by atoms with Crippen LogP contribution in [0.3, 0.4) is 0 Å².